The number of thiol groups is 1. The minimum Gasteiger partial charge on any atom is -0.394 e. The Morgan fingerprint density at radius 2 is 1.13 bits per heavy atom. The Hall–Kier alpha value is -0.180. The molecule has 0 aromatic heterocycles. The van der Waals surface area contributed by atoms with Crippen LogP contribution in [0.2, 0.25) is 0 Å². The summed E-state index contributed by atoms with van der Waals surface area (Å²) in [6, 6.07) is 0. The Labute approximate surface area is 150 Å². The molecule has 0 aliphatic carbocycles. The zero-order valence-corrected chi connectivity index (χ0v) is 16.5. The van der Waals surface area contributed by atoms with Gasteiger partial charge in [0.1, 0.15) is 0 Å². The maximum Gasteiger partial charge on any atom is 0.320 e. The lowest BCUT2D eigenvalue weighted by molar-refractivity contribution is -0.137. The van der Waals surface area contributed by atoms with Crippen molar-refractivity contribution in [2.75, 3.05) is 0 Å². The molecule has 0 fully saturated rings. The van der Waals surface area contributed by atoms with E-state index in [0.717, 1.165) is 19.3 Å². The highest BCUT2D eigenvalue weighted by atomic mass is 32.1. The average Bonchev–Trinajstić information content (AvgIpc) is 2.58. The molecule has 0 heterocycles. The van der Waals surface area contributed by atoms with Gasteiger partial charge in [-0.05, 0) is 12.8 Å². The maximum absolute atomic E-state index is 11.4. The second kappa shape index (κ2) is 18.2. The van der Waals surface area contributed by atoms with E-state index in [2.05, 4.69) is 24.0 Å². The van der Waals surface area contributed by atoms with Gasteiger partial charge in [-0.2, -0.15) is 0 Å². The molecule has 0 N–H and O–H groups in total. The minimum atomic E-state index is -0.162. The fourth-order valence-corrected chi connectivity index (χ4v) is 3.30. The molecule has 0 bridgehead atoms. The van der Waals surface area contributed by atoms with E-state index in [9.17, 15) is 4.79 Å². The van der Waals surface area contributed by atoms with E-state index in [-0.39, 0.29) is 11.9 Å². The summed E-state index contributed by atoms with van der Waals surface area (Å²) in [4.78, 5) is 11.4. The fraction of sp³-hybridized carbons (Fsp3) is 0.950. The molecule has 0 aliphatic heterocycles. The molecular weight excluding hydrogens is 304 g/mol. The quantitative estimate of drug-likeness (QED) is 0.170. The highest BCUT2D eigenvalue weighted by Crippen LogP contribution is 2.18. The van der Waals surface area contributed by atoms with Crippen LogP contribution in [0.25, 0.3) is 0 Å². The average molecular weight is 345 g/mol. The first-order valence-corrected chi connectivity index (χ1v) is 10.5. The molecule has 0 saturated heterocycles. The highest BCUT2D eigenvalue weighted by Gasteiger charge is 2.16. The van der Waals surface area contributed by atoms with Gasteiger partial charge in [-0.3, -0.25) is 4.79 Å². The van der Waals surface area contributed by atoms with Crippen molar-refractivity contribution in [1.82, 2.24) is 0 Å². The smallest absolute Gasteiger partial charge is 0.320 e. The van der Waals surface area contributed by atoms with Crippen LogP contribution >= 0.6 is 12.9 Å². The summed E-state index contributed by atoms with van der Waals surface area (Å²) < 4.78 is 4.53. The van der Waals surface area contributed by atoms with E-state index in [1.165, 1.54) is 83.5 Å². The first-order chi connectivity index (χ1) is 11.3. The Morgan fingerprint density at radius 1 is 0.739 bits per heavy atom. The molecule has 1 atom stereocenters. The van der Waals surface area contributed by atoms with Gasteiger partial charge in [0, 0.05) is 12.9 Å². The summed E-state index contributed by atoms with van der Waals surface area (Å²) in [5.41, 5.74) is 0. The Balaban J connectivity index is 3.20. The number of hydrogen-bond acceptors (Lipinski definition) is 3. The molecule has 0 aromatic rings. The van der Waals surface area contributed by atoms with E-state index in [0.29, 0.717) is 0 Å². The molecule has 0 aromatic carbocycles. The molecule has 138 valence electrons. The van der Waals surface area contributed by atoms with Crippen molar-refractivity contribution in [3.05, 3.63) is 0 Å². The molecule has 2 nitrogen and oxygen atoms in total. The van der Waals surface area contributed by atoms with Crippen LogP contribution in [0.1, 0.15) is 117 Å². The third kappa shape index (κ3) is 15.1. The molecule has 3 heteroatoms. The van der Waals surface area contributed by atoms with E-state index >= 15 is 0 Å². The minimum absolute atomic E-state index is 0.0461. The molecule has 1 unspecified atom stereocenters. The van der Waals surface area contributed by atoms with Gasteiger partial charge in [-0.1, -0.05) is 104 Å². The Kier molecular flexibility index (Phi) is 18.0. The van der Waals surface area contributed by atoms with Gasteiger partial charge in [-0.25, -0.2) is 0 Å². The first kappa shape index (κ1) is 22.8. The van der Waals surface area contributed by atoms with E-state index < -0.39 is 0 Å². The van der Waals surface area contributed by atoms with E-state index in [1.54, 1.807) is 0 Å². The molecule has 0 saturated carbocycles. The molecular formula is C20H40O2S. The first-order valence-electron chi connectivity index (χ1n) is 10.1. The molecule has 0 aliphatic rings. The fourth-order valence-electron chi connectivity index (χ4n) is 3.15. The number of carbonyl (C=O) groups is 1. The van der Waals surface area contributed by atoms with Crippen molar-refractivity contribution >= 4 is 18.9 Å². The highest BCUT2D eigenvalue weighted by molar-refractivity contribution is 7.75. The van der Waals surface area contributed by atoms with Crippen LogP contribution in [0.4, 0.5) is 0 Å². The molecule has 0 amide bonds. The van der Waals surface area contributed by atoms with Gasteiger partial charge in [0.2, 0.25) is 0 Å². The standard InChI is InChI=1S/C20H40O2S/c1-3-5-6-7-8-9-10-11-12-13-14-15-16-17-18-19(4-2)20(21)22-23/h19,23H,3-18H2,1-2H3. The van der Waals surface area contributed by atoms with Gasteiger partial charge >= 0.3 is 5.97 Å². The number of rotatable bonds is 17. The number of carbonyl (C=O) groups excluding carboxylic acids is 1. The van der Waals surface area contributed by atoms with Gasteiger partial charge in [0.05, 0.1) is 5.92 Å². The summed E-state index contributed by atoms with van der Waals surface area (Å²) >= 11 is 3.61. The monoisotopic (exact) mass is 344 g/mol. The van der Waals surface area contributed by atoms with Crippen molar-refractivity contribution in [3.63, 3.8) is 0 Å². The Bertz CT molecular complexity index is 256. The SMILES string of the molecule is CCCCCCCCCCCCCCCCC(CC)C(=O)OS. The number of hydrogen-bond donors (Lipinski definition) is 1. The summed E-state index contributed by atoms with van der Waals surface area (Å²) in [7, 11) is 0. The predicted octanol–water partition coefficient (Wildman–Crippen LogP) is 7.27. The summed E-state index contributed by atoms with van der Waals surface area (Å²) in [6.07, 6.45) is 21.0. The lowest BCUT2D eigenvalue weighted by Gasteiger charge is -2.10. The maximum atomic E-state index is 11.4. The molecule has 23 heavy (non-hydrogen) atoms. The van der Waals surface area contributed by atoms with Gasteiger partial charge in [-0.15, -0.1) is 0 Å². The van der Waals surface area contributed by atoms with Gasteiger partial charge in [0.25, 0.3) is 0 Å². The zero-order valence-electron chi connectivity index (χ0n) is 15.7. The van der Waals surface area contributed by atoms with Crippen LogP contribution in [0.5, 0.6) is 0 Å². The van der Waals surface area contributed by atoms with Gasteiger partial charge < -0.3 is 4.18 Å². The number of unbranched alkanes of at least 4 members (excludes halogenated alkanes) is 13. The summed E-state index contributed by atoms with van der Waals surface area (Å²) in [5.74, 6) is -0.115. The third-order valence-electron chi connectivity index (χ3n) is 4.82. The van der Waals surface area contributed by atoms with Crippen LogP contribution in [-0.4, -0.2) is 5.97 Å². The van der Waals surface area contributed by atoms with Gasteiger partial charge in [0.15, 0.2) is 0 Å². The lowest BCUT2D eigenvalue weighted by atomic mass is 9.98. The second-order valence-electron chi connectivity index (χ2n) is 6.90. The van der Waals surface area contributed by atoms with E-state index in [1.807, 2.05) is 6.92 Å². The molecule has 0 spiro atoms. The largest absolute Gasteiger partial charge is 0.394 e. The van der Waals surface area contributed by atoms with Crippen molar-refractivity contribution in [1.29, 1.82) is 0 Å². The molecule has 0 radical (unpaired) electrons. The van der Waals surface area contributed by atoms with Crippen molar-refractivity contribution in [2.45, 2.75) is 117 Å². The normalized spacial score (nSPS) is 12.3. The van der Waals surface area contributed by atoms with Crippen LogP contribution < -0.4 is 0 Å². The summed E-state index contributed by atoms with van der Waals surface area (Å²) in [6.45, 7) is 4.32. The third-order valence-corrected chi connectivity index (χ3v) is 5.00. The second-order valence-corrected chi connectivity index (χ2v) is 7.08. The van der Waals surface area contributed by atoms with Crippen molar-refractivity contribution in [3.8, 4) is 0 Å². The van der Waals surface area contributed by atoms with Crippen LogP contribution in [-0.2, 0) is 8.98 Å². The predicted molar refractivity (Wildman–Crippen MR) is 104 cm³/mol. The lowest BCUT2D eigenvalue weighted by Crippen LogP contribution is -2.13. The Morgan fingerprint density at radius 3 is 1.48 bits per heavy atom. The van der Waals surface area contributed by atoms with Crippen LogP contribution in [0, 0.1) is 5.92 Å². The topological polar surface area (TPSA) is 26.3 Å². The van der Waals surface area contributed by atoms with Crippen molar-refractivity contribution in [2.24, 2.45) is 5.92 Å². The van der Waals surface area contributed by atoms with E-state index in [4.69, 9.17) is 0 Å². The van der Waals surface area contributed by atoms with Crippen molar-refractivity contribution < 1.29 is 8.98 Å². The van der Waals surface area contributed by atoms with Crippen LogP contribution in [0.15, 0.2) is 0 Å². The zero-order chi connectivity index (χ0) is 17.2. The molecule has 0 rings (SSSR count). The van der Waals surface area contributed by atoms with Crippen LogP contribution in [0.3, 0.4) is 0 Å². The summed E-state index contributed by atoms with van der Waals surface area (Å²) in [5, 5.41) is 0.